The van der Waals surface area contributed by atoms with Gasteiger partial charge >= 0.3 is 0 Å². The zero-order valence-corrected chi connectivity index (χ0v) is 12.4. The highest BCUT2D eigenvalue weighted by Crippen LogP contribution is 2.22. The van der Waals surface area contributed by atoms with Gasteiger partial charge in [-0.05, 0) is 44.4 Å². The van der Waals surface area contributed by atoms with E-state index in [0.29, 0.717) is 0 Å². The van der Waals surface area contributed by atoms with Gasteiger partial charge in [0.25, 0.3) is 0 Å². The number of pyridine rings is 1. The molecular formula is C16H26FN3. The van der Waals surface area contributed by atoms with E-state index in [1.807, 2.05) is 0 Å². The Morgan fingerprint density at radius 2 is 2.30 bits per heavy atom. The van der Waals surface area contributed by atoms with Gasteiger partial charge in [-0.1, -0.05) is 19.8 Å². The number of nitrogens with zero attached hydrogens (tertiary/aromatic N) is 2. The minimum Gasteiger partial charge on any atom is -0.323 e. The molecule has 1 saturated heterocycles. The van der Waals surface area contributed by atoms with Crippen molar-refractivity contribution in [3.05, 3.63) is 29.8 Å². The molecule has 1 aromatic rings. The highest BCUT2D eigenvalue weighted by atomic mass is 19.1. The molecule has 1 aliphatic rings. The van der Waals surface area contributed by atoms with Crippen LogP contribution in [0.4, 0.5) is 4.39 Å². The van der Waals surface area contributed by atoms with Crippen molar-refractivity contribution in [2.24, 2.45) is 5.73 Å². The summed E-state index contributed by atoms with van der Waals surface area (Å²) in [7, 11) is 0. The van der Waals surface area contributed by atoms with Gasteiger partial charge in [0.1, 0.15) is 5.82 Å². The molecule has 1 fully saturated rings. The topological polar surface area (TPSA) is 42.1 Å². The van der Waals surface area contributed by atoms with Crippen LogP contribution >= 0.6 is 0 Å². The first kappa shape index (κ1) is 15.4. The summed E-state index contributed by atoms with van der Waals surface area (Å²) in [6, 6.07) is 3.75. The van der Waals surface area contributed by atoms with E-state index in [0.717, 1.165) is 24.7 Å². The Labute approximate surface area is 121 Å². The molecule has 0 saturated carbocycles. The number of aromatic nitrogens is 1. The van der Waals surface area contributed by atoms with Crippen molar-refractivity contribution < 1.29 is 4.39 Å². The van der Waals surface area contributed by atoms with E-state index >= 15 is 0 Å². The third kappa shape index (κ3) is 4.25. The maximum absolute atomic E-state index is 12.9. The molecule has 0 bridgehead atoms. The summed E-state index contributed by atoms with van der Waals surface area (Å²) < 4.78 is 12.9. The van der Waals surface area contributed by atoms with Crippen LogP contribution in [0.15, 0.2) is 18.3 Å². The van der Waals surface area contributed by atoms with Gasteiger partial charge in [0, 0.05) is 18.6 Å². The van der Waals surface area contributed by atoms with E-state index in [4.69, 9.17) is 5.73 Å². The molecular weight excluding hydrogens is 253 g/mol. The minimum atomic E-state index is -0.306. The van der Waals surface area contributed by atoms with Gasteiger partial charge in [0.05, 0.1) is 11.9 Å². The Hall–Kier alpha value is -1.00. The number of piperidine rings is 1. The monoisotopic (exact) mass is 279 g/mol. The number of nitrogens with two attached hydrogens (primary N) is 1. The van der Waals surface area contributed by atoms with Crippen LogP contribution in [0.5, 0.6) is 0 Å². The van der Waals surface area contributed by atoms with E-state index in [-0.39, 0.29) is 11.9 Å². The number of likely N-dealkylation sites (tertiary alicyclic amines) is 1. The van der Waals surface area contributed by atoms with Gasteiger partial charge in [-0.2, -0.15) is 0 Å². The quantitative estimate of drug-likeness (QED) is 0.869. The largest absolute Gasteiger partial charge is 0.323 e. The fourth-order valence-corrected chi connectivity index (χ4v) is 3.07. The first-order valence-electron chi connectivity index (χ1n) is 7.81. The molecule has 2 N–H and O–H groups in total. The molecule has 112 valence electrons. The molecule has 1 aromatic heterocycles. The Kier molecular flexibility index (Phi) is 5.92. The summed E-state index contributed by atoms with van der Waals surface area (Å²) in [5, 5.41) is 0. The van der Waals surface area contributed by atoms with Crippen molar-refractivity contribution in [2.45, 2.75) is 57.5 Å². The normalized spacial score (nSPS) is 21.9. The van der Waals surface area contributed by atoms with E-state index in [2.05, 4.69) is 16.8 Å². The van der Waals surface area contributed by atoms with Crippen LogP contribution in [-0.4, -0.2) is 29.0 Å². The maximum Gasteiger partial charge on any atom is 0.141 e. The van der Waals surface area contributed by atoms with Gasteiger partial charge in [-0.15, -0.1) is 0 Å². The summed E-state index contributed by atoms with van der Waals surface area (Å²) in [5.74, 6) is -0.306. The molecule has 0 radical (unpaired) electrons. The van der Waals surface area contributed by atoms with Gasteiger partial charge < -0.3 is 10.6 Å². The zero-order chi connectivity index (χ0) is 14.4. The van der Waals surface area contributed by atoms with E-state index in [9.17, 15) is 4.39 Å². The molecule has 1 aliphatic heterocycles. The lowest BCUT2D eigenvalue weighted by molar-refractivity contribution is 0.135. The summed E-state index contributed by atoms with van der Waals surface area (Å²) in [6.07, 6.45) is 8.63. The SMILES string of the molecule is CCCC1CCCCN1CCC(N)c1ccc(F)cn1. The Bertz CT molecular complexity index is 391. The maximum atomic E-state index is 12.9. The molecule has 2 heterocycles. The fourth-order valence-electron chi connectivity index (χ4n) is 3.07. The van der Waals surface area contributed by atoms with Crippen LogP contribution < -0.4 is 5.73 Å². The van der Waals surface area contributed by atoms with Crippen LogP contribution in [0.25, 0.3) is 0 Å². The number of hydrogen-bond acceptors (Lipinski definition) is 3. The zero-order valence-electron chi connectivity index (χ0n) is 12.4. The summed E-state index contributed by atoms with van der Waals surface area (Å²) in [5.41, 5.74) is 6.96. The van der Waals surface area contributed by atoms with Crippen molar-refractivity contribution in [3.63, 3.8) is 0 Å². The lowest BCUT2D eigenvalue weighted by Crippen LogP contribution is -2.40. The smallest absolute Gasteiger partial charge is 0.141 e. The second-order valence-corrected chi connectivity index (χ2v) is 5.77. The highest BCUT2D eigenvalue weighted by Gasteiger charge is 2.22. The third-order valence-electron chi connectivity index (χ3n) is 4.23. The van der Waals surface area contributed by atoms with E-state index < -0.39 is 0 Å². The van der Waals surface area contributed by atoms with E-state index in [1.165, 1.54) is 50.9 Å². The van der Waals surface area contributed by atoms with Crippen molar-refractivity contribution in [1.29, 1.82) is 0 Å². The molecule has 20 heavy (non-hydrogen) atoms. The first-order chi connectivity index (χ1) is 9.70. The molecule has 0 amide bonds. The van der Waals surface area contributed by atoms with Crippen molar-refractivity contribution >= 4 is 0 Å². The fraction of sp³-hybridized carbons (Fsp3) is 0.688. The van der Waals surface area contributed by atoms with Crippen LogP contribution in [0.1, 0.15) is 57.2 Å². The van der Waals surface area contributed by atoms with Gasteiger partial charge in [0.2, 0.25) is 0 Å². The molecule has 0 aromatic carbocycles. The molecule has 2 rings (SSSR count). The Morgan fingerprint density at radius 3 is 3.00 bits per heavy atom. The van der Waals surface area contributed by atoms with E-state index in [1.54, 1.807) is 6.07 Å². The number of hydrogen-bond donors (Lipinski definition) is 1. The molecule has 2 unspecified atom stereocenters. The molecule has 3 nitrogen and oxygen atoms in total. The minimum absolute atomic E-state index is 0.0974. The second-order valence-electron chi connectivity index (χ2n) is 5.77. The molecule has 4 heteroatoms. The molecule has 0 spiro atoms. The predicted molar refractivity (Wildman–Crippen MR) is 79.9 cm³/mol. The number of rotatable bonds is 6. The Morgan fingerprint density at radius 1 is 1.45 bits per heavy atom. The Balaban J connectivity index is 1.85. The second kappa shape index (κ2) is 7.70. The number of halogens is 1. The van der Waals surface area contributed by atoms with Crippen LogP contribution in [0, 0.1) is 5.82 Å². The first-order valence-corrected chi connectivity index (χ1v) is 7.81. The van der Waals surface area contributed by atoms with Crippen LogP contribution in [0.2, 0.25) is 0 Å². The van der Waals surface area contributed by atoms with Crippen molar-refractivity contribution in [2.75, 3.05) is 13.1 Å². The predicted octanol–water partition coefficient (Wildman–Crippen LogP) is 3.27. The molecule has 2 atom stereocenters. The van der Waals surface area contributed by atoms with Crippen molar-refractivity contribution in [1.82, 2.24) is 9.88 Å². The van der Waals surface area contributed by atoms with Gasteiger partial charge in [-0.3, -0.25) is 4.98 Å². The van der Waals surface area contributed by atoms with Gasteiger partial charge in [-0.25, -0.2) is 4.39 Å². The lowest BCUT2D eigenvalue weighted by atomic mass is 9.97. The lowest BCUT2D eigenvalue weighted by Gasteiger charge is -2.36. The summed E-state index contributed by atoms with van der Waals surface area (Å²) in [4.78, 5) is 6.66. The highest BCUT2D eigenvalue weighted by molar-refractivity contribution is 5.09. The van der Waals surface area contributed by atoms with Crippen LogP contribution in [0.3, 0.4) is 0 Å². The standard InChI is InChI=1S/C16H26FN3/c1-2-5-14-6-3-4-10-20(14)11-9-15(18)16-8-7-13(17)12-19-16/h7-8,12,14-15H,2-6,9-11,18H2,1H3. The van der Waals surface area contributed by atoms with Crippen molar-refractivity contribution in [3.8, 4) is 0 Å². The summed E-state index contributed by atoms with van der Waals surface area (Å²) >= 11 is 0. The van der Waals surface area contributed by atoms with Gasteiger partial charge in [0.15, 0.2) is 0 Å². The summed E-state index contributed by atoms with van der Waals surface area (Å²) in [6.45, 7) is 4.46. The van der Waals surface area contributed by atoms with Crippen LogP contribution in [-0.2, 0) is 0 Å². The average molecular weight is 279 g/mol. The average Bonchev–Trinajstić information content (AvgIpc) is 2.47. The molecule has 0 aliphatic carbocycles. The third-order valence-corrected chi connectivity index (χ3v) is 4.23.